The molecule has 206 valence electrons. The van der Waals surface area contributed by atoms with E-state index in [4.69, 9.17) is 4.74 Å². The van der Waals surface area contributed by atoms with Crippen LogP contribution in [0.25, 0.3) is 22.2 Å². The zero-order valence-electron chi connectivity index (χ0n) is 23.2. The molecule has 0 spiro atoms. The van der Waals surface area contributed by atoms with Gasteiger partial charge in [-0.15, -0.1) is 0 Å². The van der Waals surface area contributed by atoms with E-state index in [-0.39, 0.29) is 24.0 Å². The van der Waals surface area contributed by atoms with Gasteiger partial charge in [-0.1, -0.05) is 56.0 Å². The van der Waals surface area contributed by atoms with Crippen molar-refractivity contribution in [1.29, 1.82) is 0 Å². The quantitative estimate of drug-likeness (QED) is 0.403. The smallest absolute Gasteiger partial charge is 0.335 e. The number of carbonyl (C=O) groups is 2. The van der Waals surface area contributed by atoms with E-state index < -0.39 is 5.97 Å². The summed E-state index contributed by atoms with van der Waals surface area (Å²) >= 11 is 0. The molecule has 0 radical (unpaired) electrons. The number of carbonyl (C=O) groups excluding carboxylic acids is 1. The van der Waals surface area contributed by atoms with Crippen LogP contribution in [0.4, 0.5) is 0 Å². The second-order valence-corrected chi connectivity index (χ2v) is 11.9. The van der Waals surface area contributed by atoms with Crippen molar-refractivity contribution >= 4 is 22.8 Å². The molecule has 0 saturated heterocycles. The number of hydrogen-bond acceptors (Lipinski definition) is 3. The van der Waals surface area contributed by atoms with Crippen LogP contribution in [0.5, 0.6) is 0 Å². The topological polar surface area (TPSA) is 71.8 Å². The Bertz CT molecular complexity index is 1390. The first-order chi connectivity index (χ1) is 19.0. The van der Waals surface area contributed by atoms with E-state index >= 15 is 0 Å². The number of fused-ring (bicyclic) bond motifs is 5. The number of aromatic nitrogens is 1. The van der Waals surface area contributed by atoms with Gasteiger partial charge in [0.1, 0.15) is 0 Å². The van der Waals surface area contributed by atoms with Gasteiger partial charge in [-0.25, -0.2) is 4.79 Å². The Morgan fingerprint density at radius 3 is 2.56 bits per heavy atom. The molecule has 39 heavy (non-hydrogen) atoms. The lowest BCUT2D eigenvalue weighted by Gasteiger charge is -2.34. The van der Waals surface area contributed by atoms with Gasteiger partial charge in [0.2, 0.25) is 5.91 Å². The third-order valence-corrected chi connectivity index (χ3v) is 9.69. The number of nitrogens with zero attached hydrogens (tertiary/aromatic N) is 2. The lowest BCUT2D eigenvalue weighted by molar-refractivity contribution is -0.139. The number of hydrogen-bond donors (Lipinski definition) is 1. The molecule has 2 fully saturated rings. The highest BCUT2D eigenvalue weighted by Gasteiger charge is 2.36. The molecule has 1 N–H and O–H groups in total. The fraction of sp³-hybridized carbons (Fsp3) is 0.515. The minimum atomic E-state index is -0.908. The number of aromatic carboxylic acids is 1. The van der Waals surface area contributed by atoms with E-state index in [0.29, 0.717) is 18.0 Å². The second kappa shape index (κ2) is 10.8. The number of carboxylic acids is 1. The van der Waals surface area contributed by atoms with Gasteiger partial charge in [-0.05, 0) is 67.7 Å². The summed E-state index contributed by atoms with van der Waals surface area (Å²) in [7, 11) is 3.71. The van der Waals surface area contributed by atoms with Crippen LogP contribution in [0.3, 0.4) is 0 Å². The first kappa shape index (κ1) is 26.1. The van der Waals surface area contributed by atoms with E-state index in [2.05, 4.69) is 28.8 Å². The Morgan fingerprint density at radius 1 is 1.00 bits per heavy atom. The summed E-state index contributed by atoms with van der Waals surface area (Å²) in [6, 6.07) is 14.3. The normalized spacial score (nSPS) is 23.6. The summed E-state index contributed by atoms with van der Waals surface area (Å²) in [5.74, 6) is -0.248. The van der Waals surface area contributed by atoms with Crippen LogP contribution >= 0.6 is 0 Å². The predicted molar refractivity (Wildman–Crippen MR) is 153 cm³/mol. The van der Waals surface area contributed by atoms with Crippen molar-refractivity contribution in [3.8, 4) is 11.3 Å². The van der Waals surface area contributed by atoms with Crippen LogP contribution in [0.2, 0.25) is 0 Å². The standard InChI is InChI=1S/C33H40N2O4/c1-34(32(36)23-12-8-13-26(18-23)39-2)25-17-22-11-6-7-14-27(22)31-30(21-9-4-3-5-10-21)28-16-15-24(33(37)38)19-29(28)35(31)20-25/h6-7,11,14-16,19,21,23,25-26H,3-5,8-10,12-13,17-18,20H2,1-2H3,(H,37,38). The minimum Gasteiger partial charge on any atom is -0.478 e. The van der Waals surface area contributed by atoms with E-state index in [1.807, 2.05) is 24.1 Å². The van der Waals surface area contributed by atoms with Crippen LogP contribution in [-0.4, -0.2) is 52.8 Å². The molecule has 2 heterocycles. The molecule has 6 heteroatoms. The number of likely N-dealkylation sites (N-methyl/N-ethyl adjacent to an activating group) is 1. The van der Waals surface area contributed by atoms with E-state index in [0.717, 1.165) is 37.6 Å². The number of amides is 1. The van der Waals surface area contributed by atoms with Gasteiger partial charge in [0.15, 0.2) is 0 Å². The maximum absolute atomic E-state index is 13.8. The summed E-state index contributed by atoms with van der Waals surface area (Å²) in [6.45, 7) is 0.652. The summed E-state index contributed by atoms with van der Waals surface area (Å²) in [4.78, 5) is 27.8. The summed E-state index contributed by atoms with van der Waals surface area (Å²) in [5.41, 5.74) is 6.38. The van der Waals surface area contributed by atoms with Gasteiger partial charge >= 0.3 is 5.97 Å². The molecule has 3 aromatic rings. The molecular formula is C33H40N2O4. The maximum Gasteiger partial charge on any atom is 0.335 e. The Kier molecular flexibility index (Phi) is 7.23. The van der Waals surface area contributed by atoms with Crippen molar-refractivity contribution in [3.05, 3.63) is 59.2 Å². The first-order valence-corrected chi connectivity index (χ1v) is 14.7. The largest absolute Gasteiger partial charge is 0.478 e. The predicted octanol–water partition coefficient (Wildman–Crippen LogP) is 6.64. The molecule has 3 atom stereocenters. The summed E-state index contributed by atoms with van der Waals surface area (Å²) in [5, 5.41) is 11.0. The Labute approximate surface area is 230 Å². The van der Waals surface area contributed by atoms with Crippen molar-refractivity contribution in [2.75, 3.05) is 14.2 Å². The molecule has 2 aromatic carbocycles. The highest BCUT2D eigenvalue weighted by molar-refractivity contribution is 5.98. The Hall–Kier alpha value is -3.12. The SMILES string of the molecule is COC1CCCC(C(=O)N(C)C2Cc3ccccc3-c3c(C4CCCCC4)c4ccc(C(=O)O)cc4n3C2)C1. The molecule has 1 amide bonds. The van der Waals surface area contributed by atoms with Crippen LogP contribution in [0, 0.1) is 5.92 Å². The summed E-state index contributed by atoms with van der Waals surface area (Å²) < 4.78 is 7.98. The van der Waals surface area contributed by atoms with Crippen molar-refractivity contribution in [2.45, 2.75) is 88.8 Å². The molecule has 0 bridgehead atoms. The third kappa shape index (κ3) is 4.77. The molecule has 2 saturated carbocycles. The molecular weight excluding hydrogens is 488 g/mol. The number of carboxylic acid groups (broad SMARTS) is 1. The Balaban J connectivity index is 1.48. The van der Waals surface area contributed by atoms with Crippen molar-refractivity contribution < 1.29 is 19.4 Å². The number of ether oxygens (including phenoxy) is 1. The van der Waals surface area contributed by atoms with E-state index in [1.165, 1.54) is 59.9 Å². The zero-order valence-corrected chi connectivity index (χ0v) is 23.2. The maximum atomic E-state index is 13.8. The molecule has 1 aliphatic heterocycles. The lowest BCUT2D eigenvalue weighted by atomic mass is 9.81. The van der Waals surface area contributed by atoms with Crippen molar-refractivity contribution in [3.63, 3.8) is 0 Å². The molecule has 2 aliphatic carbocycles. The monoisotopic (exact) mass is 528 g/mol. The number of benzene rings is 2. The molecule has 3 unspecified atom stereocenters. The summed E-state index contributed by atoms with van der Waals surface area (Å²) in [6.07, 6.45) is 10.8. The average molecular weight is 529 g/mol. The van der Waals surface area contributed by atoms with Gasteiger partial charge in [0.05, 0.1) is 23.4 Å². The molecule has 3 aliphatic rings. The van der Waals surface area contributed by atoms with Crippen LogP contribution in [0.15, 0.2) is 42.5 Å². The molecule has 6 rings (SSSR count). The number of methoxy groups -OCH3 is 1. The lowest BCUT2D eigenvalue weighted by Crippen LogP contribution is -2.45. The highest BCUT2D eigenvalue weighted by Crippen LogP contribution is 2.46. The fourth-order valence-electron chi connectivity index (χ4n) is 7.56. The Morgan fingerprint density at radius 2 is 1.79 bits per heavy atom. The minimum absolute atomic E-state index is 0.00973. The van der Waals surface area contributed by atoms with Gasteiger partial charge in [-0.2, -0.15) is 0 Å². The highest BCUT2D eigenvalue weighted by atomic mass is 16.5. The van der Waals surface area contributed by atoms with Crippen LogP contribution in [0.1, 0.15) is 85.2 Å². The number of rotatable bonds is 5. The molecule has 6 nitrogen and oxygen atoms in total. The van der Waals surface area contributed by atoms with Gasteiger partial charge < -0.3 is 19.3 Å². The van der Waals surface area contributed by atoms with Crippen LogP contribution < -0.4 is 0 Å². The van der Waals surface area contributed by atoms with Gasteiger partial charge in [-0.3, -0.25) is 4.79 Å². The van der Waals surface area contributed by atoms with E-state index in [9.17, 15) is 14.7 Å². The zero-order chi connectivity index (χ0) is 27.1. The van der Waals surface area contributed by atoms with Crippen molar-refractivity contribution in [1.82, 2.24) is 9.47 Å². The second-order valence-electron chi connectivity index (χ2n) is 11.9. The molecule has 1 aromatic heterocycles. The van der Waals surface area contributed by atoms with Gasteiger partial charge in [0, 0.05) is 43.1 Å². The van der Waals surface area contributed by atoms with E-state index in [1.54, 1.807) is 13.2 Å². The third-order valence-electron chi connectivity index (χ3n) is 9.69. The van der Waals surface area contributed by atoms with Crippen molar-refractivity contribution in [2.24, 2.45) is 5.92 Å². The van der Waals surface area contributed by atoms with Crippen LogP contribution in [-0.2, 0) is 22.5 Å². The first-order valence-electron chi connectivity index (χ1n) is 14.7. The average Bonchev–Trinajstić information content (AvgIpc) is 3.19. The fourth-order valence-corrected chi connectivity index (χ4v) is 7.56. The van der Waals surface area contributed by atoms with Gasteiger partial charge in [0.25, 0.3) is 0 Å².